The highest BCUT2D eigenvalue weighted by Crippen LogP contribution is 2.26. The van der Waals surface area contributed by atoms with Crippen LogP contribution in [0.2, 0.25) is 5.02 Å². The van der Waals surface area contributed by atoms with E-state index in [1.165, 1.54) is 0 Å². The van der Waals surface area contributed by atoms with Crippen LogP contribution in [0.25, 0.3) is 0 Å². The van der Waals surface area contributed by atoms with Crippen molar-refractivity contribution in [3.8, 4) is 0 Å². The zero-order valence-electron chi connectivity index (χ0n) is 9.53. The molecule has 1 aromatic carbocycles. The van der Waals surface area contributed by atoms with Crippen LogP contribution in [0.5, 0.6) is 0 Å². The minimum Gasteiger partial charge on any atom is -0.398 e. The van der Waals surface area contributed by atoms with Crippen LogP contribution in [0, 0.1) is 6.92 Å². The molecular weight excluding hydrogens is 254 g/mol. The molecule has 0 saturated heterocycles. The average molecular weight is 268 g/mol. The fourth-order valence-electron chi connectivity index (χ4n) is 1.58. The third-order valence-corrected chi connectivity index (χ3v) is 3.49. The van der Waals surface area contributed by atoms with Crippen LogP contribution in [0.4, 0.5) is 11.4 Å². The number of hydrogen-bond donors (Lipinski definition) is 2. The first-order valence-corrected chi connectivity index (χ1v) is 6.65. The molecule has 0 fully saturated rings. The van der Waals surface area contributed by atoms with E-state index in [-0.39, 0.29) is 0 Å². The van der Waals surface area contributed by atoms with Crippen LogP contribution in [-0.2, 0) is 6.42 Å². The number of anilines is 2. The van der Waals surface area contributed by atoms with E-state index in [4.69, 9.17) is 17.3 Å². The number of thiazole rings is 1. The zero-order valence-corrected chi connectivity index (χ0v) is 11.1. The highest BCUT2D eigenvalue weighted by atomic mass is 35.5. The van der Waals surface area contributed by atoms with Gasteiger partial charge in [-0.1, -0.05) is 11.6 Å². The van der Waals surface area contributed by atoms with Gasteiger partial charge in [0.1, 0.15) is 0 Å². The number of nitrogen functional groups attached to an aromatic ring is 1. The van der Waals surface area contributed by atoms with Gasteiger partial charge < -0.3 is 11.1 Å². The first kappa shape index (κ1) is 12.2. The van der Waals surface area contributed by atoms with Crippen molar-refractivity contribution >= 4 is 34.3 Å². The summed E-state index contributed by atoms with van der Waals surface area (Å²) in [7, 11) is 0. The van der Waals surface area contributed by atoms with E-state index >= 15 is 0 Å². The lowest BCUT2D eigenvalue weighted by atomic mass is 10.1. The zero-order chi connectivity index (χ0) is 12.3. The molecule has 0 aliphatic heterocycles. The number of nitrogens with zero attached hydrogens (tertiary/aromatic N) is 1. The van der Waals surface area contributed by atoms with Crippen molar-refractivity contribution < 1.29 is 0 Å². The summed E-state index contributed by atoms with van der Waals surface area (Å²) in [6.07, 6.45) is 0.908. The van der Waals surface area contributed by atoms with Gasteiger partial charge in [-0.25, -0.2) is 4.98 Å². The van der Waals surface area contributed by atoms with E-state index in [1.54, 1.807) is 11.3 Å². The molecule has 0 amide bonds. The molecule has 0 atom stereocenters. The number of hydrogen-bond acceptors (Lipinski definition) is 4. The summed E-state index contributed by atoms with van der Waals surface area (Å²) in [6, 6.07) is 3.75. The van der Waals surface area contributed by atoms with Crippen LogP contribution in [0.1, 0.15) is 11.3 Å². The third-order valence-electron chi connectivity index (χ3n) is 2.52. The topological polar surface area (TPSA) is 50.9 Å². The smallest absolute Gasteiger partial charge is 0.0794 e. The fraction of sp³-hybridized carbons (Fsp3) is 0.250. The molecular formula is C12H14ClN3S. The van der Waals surface area contributed by atoms with E-state index in [9.17, 15) is 0 Å². The summed E-state index contributed by atoms with van der Waals surface area (Å²) in [5.74, 6) is 0. The summed E-state index contributed by atoms with van der Waals surface area (Å²) in [6.45, 7) is 2.85. The predicted octanol–water partition coefficient (Wildman–Crippen LogP) is 3.34. The predicted molar refractivity (Wildman–Crippen MR) is 74.9 cm³/mol. The van der Waals surface area contributed by atoms with Crippen LogP contribution in [0.3, 0.4) is 0 Å². The average Bonchev–Trinajstić information content (AvgIpc) is 2.78. The van der Waals surface area contributed by atoms with Crippen molar-refractivity contribution in [1.29, 1.82) is 0 Å². The Morgan fingerprint density at radius 3 is 3.00 bits per heavy atom. The first-order valence-electron chi connectivity index (χ1n) is 5.33. The molecule has 5 heteroatoms. The number of aryl methyl sites for hydroxylation is 1. The summed E-state index contributed by atoms with van der Waals surface area (Å²) in [4.78, 5) is 4.23. The lowest BCUT2D eigenvalue weighted by molar-refractivity contribution is 0.975. The molecule has 3 nitrogen and oxygen atoms in total. The van der Waals surface area contributed by atoms with E-state index < -0.39 is 0 Å². The monoisotopic (exact) mass is 267 g/mol. The Bertz CT molecular complexity index is 497. The van der Waals surface area contributed by atoms with Gasteiger partial charge in [-0.05, 0) is 24.6 Å². The molecule has 1 aromatic heterocycles. The normalized spacial score (nSPS) is 10.5. The highest BCUT2D eigenvalue weighted by molar-refractivity contribution is 7.07. The maximum absolute atomic E-state index is 5.99. The van der Waals surface area contributed by atoms with Gasteiger partial charge in [0.15, 0.2) is 0 Å². The maximum Gasteiger partial charge on any atom is 0.0794 e. The SMILES string of the molecule is Cc1cc(N)c(Cl)cc1NCCc1cscn1. The van der Waals surface area contributed by atoms with Gasteiger partial charge in [0.25, 0.3) is 0 Å². The van der Waals surface area contributed by atoms with E-state index in [2.05, 4.69) is 15.7 Å². The first-order chi connectivity index (χ1) is 8.16. The summed E-state index contributed by atoms with van der Waals surface area (Å²) in [5, 5.41) is 5.99. The van der Waals surface area contributed by atoms with Gasteiger partial charge in [0.2, 0.25) is 0 Å². The molecule has 2 rings (SSSR count). The molecule has 17 heavy (non-hydrogen) atoms. The van der Waals surface area contributed by atoms with Crippen molar-refractivity contribution in [2.45, 2.75) is 13.3 Å². The molecule has 0 saturated carbocycles. The van der Waals surface area contributed by atoms with Crippen molar-refractivity contribution in [2.24, 2.45) is 0 Å². The molecule has 0 spiro atoms. The van der Waals surface area contributed by atoms with Gasteiger partial charge in [-0.2, -0.15) is 0 Å². The summed E-state index contributed by atoms with van der Waals surface area (Å²) < 4.78 is 0. The number of rotatable bonds is 4. The molecule has 3 N–H and O–H groups in total. The van der Waals surface area contributed by atoms with Crippen molar-refractivity contribution in [2.75, 3.05) is 17.6 Å². The standard InChI is InChI=1S/C12H14ClN3S/c1-8-4-11(14)10(13)5-12(8)15-3-2-9-6-17-7-16-9/h4-7,15H,2-3,14H2,1H3. The summed E-state index contributed by atoms with van der Waals surface area (Å²) in [5.41, 5.74) is 11.4. The molecule has 0 aliphatic rings. The number of nitrogens with one attached hydrogen (secondary N) is 1. The van der Waals surface area contributed by atoms with E-state index in [0.717, 1.165) is 29.9 Å². The van der Waals surface area contributed by atoms with Crippen molar-refractivity contribution in [3.05, 3.63) is 39.3 Å². The maximum atomic E-state index is 5.99. The number of nitrogens with two attached hydrogens (primary N) is 1. The van der Waals surface area contributed by atoms with Crippen LogP contribution in [0.15, 0.2) is 23.0 Å². The molecule has 2 aromatic rings. The Morgan fingerprint density at radius 2 is 2.29 bits per heavy atom. The van der Waals surface area contributed by atoms with Gasteiger partial charge in [-0.3, -0.25) is 0 Å². The Kier molecular flexibility index (Phi) is 3.86. The Morgan fingerprint density at radius 1 is 1.47 bits per heavy atom. The second-order valence-electron chi connectivity index (χ2n) is 3.85. The largest absolute Gasteiger partial charge is 0.398 e. The molecule has 0 bridgehead atoms. The minimum absolute atomic E-state index is 0.590. The van der Waals surface area contributed by atoms with Crippen molar-refractivity contribution in [3.63, 3.8) is 0 Å². The molecule has 0 unspecified atom stereocenters. The second-order valence-corrected chi connectivity index (χ2v) is 4.97. The minimum atomic E-state index is 0.590. The number of benzene rings is 1. The lowest BCUT2D eigenvalue weighted by Crippen LogP contribution is -2.06. The second kappa shape index (κ2) is 5.38. The van der Waals surface area contributed by atoms with Gasteiger partial charge in [0, 0.05) is 24.0 Å². The highest BCUT2D eigenvalue weighted by Gasteiger charge is 2.03. The van der Waals surface area contributed by atoms with Gasteiger partial charge >= 0.3 is 0 Å². The molecule has 90 valence electrons. The van der Waals surface area contributed by atoms with Crippen LogP contribution in [-0.4, -0.2) is 11.5 Å². The fourth-order valence-corrected chi connectivity index (χ4v) is 2.34. The quantitative estimate of drug-likeness (QED) is 0.836. The lowest BCUT2D eigenvalue weighted by Gasteiger charge is -2.10. The Balaban J connectivity index is 1.97. The summed E-state index contributed by atoms with van der Waals surface area (Å²) >= 11 is 7.61. The van der Waals surface area contributed by atoms with Gasteiger partial charge in [0.05, 0.1) is 21.9 Å². The van der Waals surface area contributed by atoms with Crippen LogP contribution < -0.4 is 11.1 Å². The number of aromatic nitrogens is 1. The Labute approximate surface area is 110 Å². The number of halogens is 1. The Hall–Kier alpha value is -1.26. The van der Waals surface area contributed by atoms with Crippen molar-refractivity contribution in [1.82, 2.24) is 4.98 Å². The van der Waals surface area contributed by atoms with E-state index in [1.807, 2.05) is 24.6 Å². The van der Waals surface area contributed by atoms with E-state index in [0.29, 0.717) is 10.7 Å². The molecule has 0 aliphatic carbocycles. The van der Waals surface area contributed by atoms with Crippen LogP contribution >= 0.6 is 22.9 Å². The molecule has 1 heterocycles. The van der Waals surface area contributed by atoms with Gasteiger partial charge in [-0.15, -0.1) is 11.3 Å². The third kappa shape index (κ3) is 3.11. The molecule has 0 radical (unpaired) electrons.